The van der Waals surface area contributed by atoms with Gasteiger partial charge in [-0.2, -0.15) is 5.10 Å². The summed E-state index contributed by atoms with van der Waals surface area (Å²) in [5.41, 5.74) is 2.47. The summed E-state index contributed by atoms with van der Waals surface area (Å²) in [6.45, 7) is 2.58. The Morgan fingerprint density at radius 3 is 2.93 bits per heavy atom. The molecule has 1 aliphatic heterocycles. The van der Waals surface area contributed by atoms with E-state index in [2.05, 4.69) is 20.4 Å². The molecule has 1 unspecified atom stereocenters. The third kappa shape index (κ3) is 4.53. The van der Waals surface area contributed by atoms with Crippen molar-refractivity contribution in [3.8, 4) is 0 Å². The van der Waals surface area contributed by atoms with Crippen LogP contribution in [0.2, 0.25) is 0 Å². The van der Waals surface area contributed by atoms with E-state index >= 15 is 0 Å². The minimum Gasteiger partial charge on any atom is -0.394 e. The van der Waals surface area contributed by atoms with Gasteiger partial charge >= 0.3 is 0 Å². The van der Waals surface area contributed by atoms with E-state index < -0.39 is 11.9 Å². The number of amides is 2. The fourth-order valence-corrected chi connectivity index (χ4v) is 3.04. The number of hydrogen-bond acceptors (Lipinski definition) is 8. The Morgan fingerprint density at radius 2 is 2.23 bits per heavy atom. The molecule has 2 aromatic heterocycles. The smallest absolute Gasteiger partial charge is 0.275 e. The van der Waals surface area contributed by atoms with E-state index in [0.29, 0.717) is 25.2 Å². The topological polar surface area (TPSA) is 163 Å². The fraction of sp³-hybridized carbons (Fsp3) is 0.316. The maximum Gasteiger partial charge on any atom is 0.275 e. The van der Waals surface area contributed by atoms with Crippen molar-refractivity contribution in [2.24, 2.45) is 16.8 Å². The number of anilines is 1. The van der Waals surface area contributed by atoms with E-state index in [4.69, 9.17) is 11.7 Å². The molecule has 30 heavy (non-hydrogen) atoms. The summed E-state index contributed by atoms with van der Waals surface area (Å²) in [5.74, 6) is 11.4. The summed E-state index contributed by atoms with van der Waals surface area (Å²) >= 11 is 0. The number of fused-ring (bicyclic) bond motifs is 1. The molecule has 0 aromatic carbocycles. The highest BCUT2D eigenvalue weighted by Gasteiger charge is 2.20. The van der Waals surface area contributed by atoms with Gasteiger partial charge in [0.15, 0.2) is 5.84 Å². The van der Waals surface area contributed by atoms with E-state index in [1.807, 2.05) is 0 Å². The van der Waals surface area contributed by atoms with Crippen molar-refractivity contribution in [2.45, 2.75) is 25.9 Å². The van der Waals surface area contributed by atoms with Crippen LogP contribution in [0, 0.1) is 0 Å². The van der Waals surface area contributed by atoms with Crippen LogP contribution in [-0.2, 0) is 17.8 Å². The zero-order valence-electron chi connectivity index (χ0n) is 16.5. The van der Waals surface area contributed by atoms with E-state index in [9.17, 15) is 14.7 Å². The molecular weight excluding hydrogens is 388 g/mol. The fourth-order valence-electron chi connectivity index (χ4n) is 3.04. The number of rotatable bonds is 6. The maximum absolute atomic E-state index is 12.7. The van der Waals surface area contributed by atoms with Crippen LogP contribution in [0.4, 0.5) is 5.82 Å². The summed E-state index contributed by atoms with van der Waals surface area (Å²) in [6, 6.07) is 6.16. The zero-order chi connectivity index (χ0) is 21.7. The number of aliphatic hydroxyl groups excluding tert-OH is 1. The van der Waals surface area contributed by atoms with Gasteiger partial charge in [0.05, 0.1) is 12.6 Å². The Morgan fingerprint density at radius 1 is 1.43 bits per heavy atom. The van der Waals surface area contributed by atoms with Gasteiger partial charge in [0.2, 0.25) is 6.41 Å². The molecule has 0 spiro atoms. The minimum atomic E-state index is -0.440. The van der Waals surface area contributed by atoms with Crippen molar-refractivity contribution in [1.29, 1.82) is 0 Å². The first kappa shape index (κ1) is 21.1. The van der Waals surface area contributed by atoms with E-state index in [-0.39, 0.29) is 24.0 Å². The number of carbonyl (C=O) groups is 2. The summed E-state index contributed by atoms with van der Waals surface area (Å²) in [7, 11) is 0. The van der Waals surface area contributed by atoms with E-state index in [0.717, 1.165) is 17.5 Å². The SMILES string of the molecule is CC(CO)N(N)/C(=N\N)c1cccc(NC(=O)c2cc3c(cn2)CCN(C=O)C3)n1. The van der Waals surface area contributed by atoms with Crippen molar-refractivity contribution >= 4 is 24.0 Å². The molecule has 0 radical (unpaired) electrons. The Hall–Kier alpha value is -3.57. The third-order valence-electron chi connectivity index (χ3n) is 4.83. The molecule has 2 amide bonds. The molecule has 2 aromatic rings. The highest BCUT2D eigenvalue weighted by atomic mass is 16.3. The number of hydrogen-bond donors (Lipinski definition) is 4. The van der Waals surface area contributed by atoms with Crippen LogP contribution in [0.3, 0.4) is 0 Å². The Balaban J connectivity index is 1.78. The van der Waals surface area contributed by atoms with Crippen LogP contribution in [0.25, 0.3) is 0 Å². The Labute approximate surface area is 173 Å². The van der Waals surface area contributed by atoms with Gasteiger partial charge in [-0.1, -0.05) is 6.07 Å². The average molecular weight is 412 g/mol. The lowest BCUT2D eigenvalue weighted by Gasteiger charge is -2.25. The number of aliphatic hydroxyl groups is 1. The van der Waals surface area contributed by atoms with Gasteiger partial charge in [-0.25, -0.2) is 10.8 Å². The molecule has 1 aliphatic rings. The molecule has 1 atom stereocenters. The van der Waals surface area contributed by atoms with Gasteiger partial charge < -0.3 is 21.2 Å². The Kier molecular flexibility index (Phi) is 6.54. The normalized spacial score (nSPS) is 14.6. The number of aromatic nitrogens is 2. The third-order valence-corrected chi connectivity index (χ3v) is 4.83. The Bertz CT molecular complexity index is 965. The van der Waals surface area contributed by atoms with Gasteiger partial charge in [-0.05, 0) is 42.7 Å². The molecule has 11 nitrogen and oxygen atoms in total. The highest BCUT2D eigenvalue weighted by molar-refractivity contribution is 6.03. The number of nitrogens with two attached hydrogens (primary N) is 2. The first-order valence-electron chi connectivity index (χ1n) is 9.35. The molecule has 0 fully saturated rings. The minimum absolute atomic E-state index is 0.161. The van der Waals surface area contributed by atoms with Crippen LogP contribution >= 0.6 is 0 Å². The lowest BCUT2D eigenvalue weighted by atomic mass is 10.0. The van der Waals surface area contributed by atoms with Gasteiger partial charge in [-0.15, -0.1) is 0 Å². The second-order valence-electron chi connectivity index (χ2n) is 6.92. The molecule has 0 bridgehead atoms. The number of nitrogens with zero attached hydrogens (tertiary/aromatic N) is 5. The molecule has 3 rings (SSSR count). The quantitative estimate of drug-likeness (QED) is 0.161. The molecule has 11 heteroatoms. The average Bonchev–Trinajstić information content (AvgIpc) is 2.78. The summed E-state index contributed by atoms with van der Waals surface area (Å²) in [6.07, 6.45) is 3.17. The predicted octanol–water partition coefficient (Wildman–Crippen LogP) is -0.580. The predicted molar refractivity (Wildman–Crippen MR) is 110 cm³/mol. The first-order valence-corrected chi connectivity index (χ1v) is 9.35. The lowest BCUT2D eigenvalue weighted by Crippen LogP contribution is -2.47. The number of nitrogens with one attached hydrogen (secondary N) is 1. The van der Waals surface area contributed by atoms with Crippen molar-refractivity contribution in [3.05, 3.63) is 53.0 Å². The number of amidine groups is 1. The van der Waals surface area contributed by atoms with Crippen LogP contribution in [0.15, 0.2) is 35.6 Å². The maximum atomic E-state index is 12.7. The van der Waals surface area contributed by atoms with Crippen molar-refractivity contribution in [1.82, 2.24) is 19.9 Å². The van der Waals surface area contributed by atoms with Crippen molar-refractivity contribution in [2.75, 3.05) is 18.5 Å². The molecule has 0 saturated heterocycles. The van der Waals surface area contributed by atoms with Gasteiger partial charge in [-0.3, -0.25) is 19.6 Å². The van der Waals surface area contributed by atoms with E-state index in [1.54, 1.807) is 42.3 Å². The van der Waals surface area contributed by atoms with E-state index in [1.165, 1.54) is 5.01 Å². The number of pyridine rings is 2. The summed E-state index contributed by atoms with van der Waals surface area (Å²) < 4.78 is 0. The van der Waals surface area contributed by atoms with Crippen LogP contribution < -0.4 is 17.0 Å². The van der Waals surface area contributed by atoms with Crippen molar-refractivity contribution < 1.29 is 14.7 Å². The standard InChI is InChI=1S/C19H24N8O3/c1-12(10-28)27(21)18(25-20)15-3-2-4-17(23-15)24-19(30)16-7-14-9-26(11-29)6-5-13(14)8-22-16/h2-4,7-8,11-12,28H,5-6,9-10,20-21H2,1H3,(H,23,24,30)/b25-18-. The molecule has 3 heterocycles. The molecule has 0 aliphatic carbocycles. The summed E-state index contributed by atoms with van der Waals surface area (Å²) in [4.78, 5) is 33.9. The van der Waals surface area contributed by atoms with Crippen LogP contribution in [0.1, 0.15) is 34.2 Å². The highest BCUT2D eigenvalue weighted by Crippen LogP contribution is 2.18. The second-order valence-corrected chi connectivity index (χ2v) is 6.92. The molecule has 6 N–H and O–H groups in total. The van der Waals surface area contributed by atoms with Crippen LogP contribution in [0.5, 0.6) is 0 Å². The lowest BCUT2D eigenvalue weighted by molar-refractivity contribution is -0.118. The van der Waals surface area contributed by atoms with Crippen molar-refractivity contribution in [3.63, 3.8) is 0 Å². The van der Waals surface area contributed by atoms with Crippen LogP contribution in [-0.4, -0.2) is 62.3 Å². The van der Waals surface area contributed by atoms with Gasteiger partial charge in [0.1, 0.15) is 17.2 Å². The first-order chi connectivity index (χ1) is 14.5. The second kappa shape index (κ2) is 9.29. The zero-order valence-corrected chi connectivity index (χ0v) is 16.5. The monoisotopic (exact) mass is 412 g/mol. The van der Waals surface area contributed by atoms with Gasteiger partial charge in [0, 0.05) is 19.3 Å². The molecule has 158 valence electrons. The van der Waals surface area contributed by atoms with Gasteiger partial charge in [0.25, 0.3) is 5.91 Å². The number of carbonyl (C=O) groups excluding carboxylic acids is 2. The molecule has 0 saturated carbocycles. The molecular formula is C19H24N8O3. The summed E-state index contributed by atoms with van der Waals surface area (Å²) in [5, 5.41) is 16.8. The number of hydrazone groups is 1. The largest absolute Gasteiger partial charge is 0.394 e. The number of hydrazine groups is 1.